The summed E-state index contributed by atoms with van der Waals surface area (Å²) in [6, 6.07) is 0. The van der Waals surface area contributed by atoms with Crippen LogP contribution in [0.5, 0.6) is 0 Å². The number of ether oxygens (including phenoxy) is 1. The number of carboxylic acids is 1. The largest absolute Gasteiger partial charge is 0.480 e. The molecule has 2 aliphatic rings. The molecule has 1 aliphatic heterocycles. The van der Waals surface area contributed by atoms with Gasteiger partial charge in [-0.2, -0.15) is 0 Å². The molecule has 1 saturated heterocycles. The SMILES string of the molecule is CCOC(=O)C1(C(=O)O)CCN(CC2CC2)CC1. The van der Waals surface area contributed by atoms with Gasteiger partial charge in [0.15, 0.2) is 5.41 Å². The third-order valence-corrected chi connectivity index (χ3v) is 4.00. The Balaban J connectivity index is 1.96. The first kappa shape index (κ1) is 13.3. The average Bonchev–Trinajstić information content (AvgIpc) is 3.14. The minimum atomic E-state index is -1.31. The van der Waals surface area contributed by atoms with Gasteiger partial charge in [0.2, 0.25) is 0 Å². The molecule has 1 saturated carbocycles. The van der Waals surface area contributed by atoms with Crippen molar-refractivity contribution in [1.82, 2.24) is 4.90 Å². The molecule has 0 aromatic heterocycles. The lowest BCUT2D eigenvalue weighted by Gasteiger charge is -2.37. The molecule has 0 unspecified atom stereocenters. The predicted molar refractivity (Wildman–Crippen MR) is 65.1 cm³/mol. The van der Waals surface area contributed by atoms with Crippen molar-refractivity contribution < 1.29 is 19.4 Å². The highest BCUT2D eigenvalue weighted by Gasteiger charge is 2.49. The number of hydrogen-bond acceptors (Lipinski definition) is 4. The average molecular weight is 255 g/mol. The van der Waals surface area contributed by atoms with Crippen molar-refractivity contribution in [3.8, 4) is 0 Å². The second kappa shape index (κ2) is 5.26. The smallest absolute Gasteiger partial charge is 0.323 e. The van der Waals surface area contributed by atoms with Crippen LogP contribution in [-0.4, -0.2) is 48.2 Å². The van der Waals surface area contributed by atoms with Gasteiger partial charge in [-0.25, -0.2) is 0 Å². The van der Waals surface area contributed by atoms with Crippen LogP contribution < -0.4 is 0 Å². The lowest BCUT2D eigenvalue weighted by atomic mass is 9.78. The van der Waals surface area contributed by atoms with Gasteiger partial charge in [-0.3, -0.25) is 9.59 Å². The number of esters is 1. The third kappa shape index (κ3) is 2.66. The second-order valence-corrected chi connectivity index (χ2v) is 5.35. The molecule has 0 bridgehead atoms. The summed E-state index contributed by atoms with van der Waals surface area (Å²) in [7, 11) is 0. The van der Waals surface area contributed by atoms with Gasteiger partial charge in [0, 0.05) is 6.54 Å². The predicted octanol–water partition coefficient (Wildman–Crippen LogP) is 1.13. The summed E-state index contributed by atoms with van der Waals surface area (Å²) in [4.78, 5) is 25.6. The van der Waals surface area contributed by atoms with E-state index in [0.29, 0.717) is 25.9 Å². The van der Waals surface area contributed by atoms with Crippen molar-refractivity contribution in [1.29, 1.82) is 0 Å². The first-order valence-electron chi connectivity index (χ1n) is 6.71. The molecule has 0 radical (unpaired) electrons. The quantitative estimate of drug-likeness (QED) is 0.589. The molecule has 2 rings (SSSR count). The zero-order chi connectivity index (χ0) is 13.2. The van der Waals surface area contributed by atoms with E-state index in [1.165, 1.54) is 12.8 Å². The zero-order valence-corrected chi connectivity index (χ0v) is 10.9. The van der Waals surface area contributed by atoms with E-state index in [2.05, 4.69) is 4.90 Å². The van der Waals surface area contributed by atoms with Crippen LogP contribution in [0.1, 0.15) is 32.6 Å². The van der Waals surface area contributed by atoms with Crippen LogP contribution in [0.3, 0.4) is 0 Å². The minimum Gasteiger partial charge on any atom is -0.480 e. The summed E-state index contributed by atoms with van der Waals surface area (Å²) in [6.45, 7) is 4.36. The number of hydrogen-bond donors (Lipinski definition) is 1. The Kier molecular flexibility index (Phi) is 3.90. The summed E-state index contributed by atoms with van der Waals surface area (Å²) in [5.41, 5.74) is -1.31. The number of carboxylic acid groups (broad SMARTS) is 1. The second-order valence-electron chi connectivity index (χ2n) is 5.35. The maximum atomic E-state index is 11.9. The van der Waals surface area contributed by atoms with Crippen LogP contribution in [0.4, 0.5) is 0 Å². The number of piperidine rings is 1. The fourth-order valence-corrected chi connectivity index (χ4v) is 2.56. The van der Waals surface area contributed by atoms with Gasteiger partial charge < -0.3 is 14.7 Å². The monoisotopic (exact) mass is 255 g/mol. The van der Waals surface area contributed by atoms with E-state index in [4.69, 9.17) is 4.74 Å². The van der Waals surface area contributed by atoms with E-state index in [1.54, 1.807) is 6.92 Å². The van der Waals surface area contributed by atoms with E-state index in [1.807, 2.05) is 0 Å². The lowest BCUT2D eigenvalue weighted by Crippen LogP contribution is -2.50. The van der Waals surface area contributed by atoms with E-state index in [-0.39, 0.29) is 6.61 Å². The Labute approximate surface area is 107 Å². The molecule has 0 aromatic rings. The van der Waals surface area contributed by atoms with Gasteiger partial charge in [0.25, 0.3) is 0 Å². The highest BCUT2D eigenvalue weighted by Crippen LogP contribution is 2.36. The number of likely N-dealkylation sites (tertiary alicyclic amines) is 1. The van der Waals surface area contributed by atoms with E-state index < -0.39 is 17.4 Å². The van der Waals surface area contributed by atoms with Crippen molar-refractivity contribution in [2.24, 2.45) is 11.3 Å². The van der Waals surface area contributed by atoms with Gasteiger partial charge in [-0.1, -0.05) is 0 Å². The first-order valence-corrected chi connectivity index (χ1v) is 6.71. The molecule has 0 atom stereocenters. The van der Waals surface area contributed by atoms with E-state index in [9.17, 15) is 14.7 Å². The zero-order valence-electron chi connectivity index (χ0n) is 10.9. The molecule has 2 fully saturated rings. The molecule has 0 spiro atoms. The van der Waals surface area contributed by atoms with Gasteiger partial charge >= 0.3 is 11.9 Å². The van der Waals surface area contributed by atoms with Crippen LogP contribution in [0.2, 0.25) is 0 Å². The van der Waals surface area contributed by atoms with Crippen LogP contribution in [0.15, 0.2) is 0 Å². The molecule has 1 heterocycles. The number of rotatable bonds is 5. The standard InChI is InChI=1S/C13H21NO4/c1-2-18-12(17)13(11(15)16)5-7-14(8-6-13)9-10-3-4-10/h10H,2-9H2,1H3,(H,15,16). The molecule has 0 aromatic carbocycles. The van der Waals surface area contributed by atoms with Crippen LogP contribution in [0.25, 0.3) is 0 Å². The third-order valence-electron chi connectivity index (χ3n) is 4.00. The summed E-state index contributed by atoms with van der Waals surface area (Å²) in [5, 5.41) is 9.35. The van der Waals surface area contributed by atoms with Crippen molar-refractivity contribution in [2.75, 3.05) is 26.2 Å². The Morgan fingerprint density at radius 2 is 1.94 bits per heavy atom. The van der Waals surface area contributed by atoms with Crippen molar-refractivity contribution in [3.05, 3.63) is 0 Å². The molecule has 18 heavy (non-hydrogen) atoms. The number of nitrogens with zero attached hydrogens (tertiary/aromatic N) is 1. The molecule has 102 valence electrons. The van der Waals surface area contributed by atoms with Gasteiger partial charge in [0.05, 0.1) is 6.61 Å². The summed E-state index contributed by atoms with van der Waals surface area (Å²) in [6.07, 6.45) is 3.32. The molecule has 0 amide bonds. The van der Waals surface area contributed by atoms with Gasteiger partial charge in [0.1, 0.15) is 0 Å². The van der Waals surface area contributed by atoms with Gasteiger partial charge in [-0.15, -0.1) is 0 Å². The molecule has 5 heteroatoms. The highest BCUT2D eigenvalue weighted by molar-refractivity contribution is 5.99. The number of aliphatic carboxylic acids is 1. The summed E-state index contributed by atoms with van der Waals surface area (Å²) in [5.74, 6) is -0.805. The van der Waals surface area contributed by atoms with Crippen molar-refractivity contribution in [2.45, 2.75) is 32.6 Å². The summed E-state index contributed by atoms with van der Waals surface area (Å²) < 4.78 is 4.94. The normalized spacial score (nSPS) is 23.6. The lowest BCUT2D eigenvalue weighted by molar-refractivity contribution is -0.172. The summed E-state index contributed by atoms with van der Waals surface area (Å²) >= 11 is 0. The Morgan fingerprint density at radius 1 is 1.33 bits per heavy atom. The van der Waals surface area contributed by atoms with E-state index in [0.717, 1.165) is 12.5 Å². The number of carbonyl (C=O) groups is 2. The molecular weight excluding hydrogens is 234 g/mol. The van der Waals surface area contributed by atoms with Crippen LogP contribution >= 0.6 is 0 Å². The highest BCUT2D eigenvalue weighted by atomic mass is 16.5. The molecule has 5 nitrogen and oxygen atoms in total. The molecular formula is C13H21NO4. The fraction of sp³-hybridized carbons (Fsp3) is 0.846. The minimum absolute atomic E-state index is 0.236. The molecule has 1 aliphatic carbocycles. The topological polar surface area (TPSA) is 66.8 Å². The maximum absolute atomic E-state index is 11.9. The van der Waals surface area contributed by atoms with Crippen LogP contribution in [-0.2, 0) is 14.3 Å². The van der Waals surface area contributed by atoms with E-state index >= 15 is 0 Å². The van der Waals surface area contributed by atoms with Crippen LogP contribution in [0, 0.1) is 11.3 Å². The van der Waals surface area contributed by atoms with Gasteiger partial charge in [-0.05, 0) is 51.6 Å². The fourth-order valence-electron chi connectivity index (χ4n) is 2.56. The maximum Gasteiger partial charge on any atom is 0.323 e. The first-order chi connectivity index (χ1) is 8.58. The Bertz CT molecular complexity index is 330. The molecule has 1 N–H and O–H groups in total. The van der Waals surface area contributed by atoms with Crippen molar-refractivity contribution in [3.63, 3.8) is 0 Å². The Morgan fingerprint density at radius 3 is 2.39 bits per heavy atom. The number of carbonyl (C=O) groups excluding carboxylic acids is 1. The van der Waals surface area contributed by atoms with Crippen molar-refractivity contribution >= 4 is 11.9 Å². The Hall–Kier alpha value is -1.10.